The first kappa shape index (κ1) is 14.5. The van der Waals surface area contributed by atoms with Crippen molar-refractivity contribution in [3.05, 3.63) is 18.2 Å². The van der Waals surface area contributed by atoms with Crippen LogP contribution in [-0.4, -0.2) is 45.1 Å². The second-order valence-electron chi connectivity index (χ2n) is 5.11. The number of carbonyl (C=O) groups is 2. The lowest BCUT2D eigenvalue weighted by Crippen LogP contribution is -2.57. The molecule has 2 rings (SSSR count). The van der Waals surface area contributed by atoms with E-state index in [1.54, 1.807) is 6.20 Å². The van der Waals surface area contributed by atoms with Crippen molar-refractivity contribution in [1.82, 2.24) is 20.6 Å². The van der Waals surface area contributed by atoms with Crippen molar-refractivity contribution in [1.29, 1.82) is 0 Å². The molecule has 2 atom stereocenters. The van der Waals surface area contributed by atoms with Crippen LogP contribution < -0.4 is 10.6 Å². The molecule has 0 saturated carbocycles. The molecule has 0 aromatic carbocycles. The molecule has 1 aliphatic heterocycles. The predicted molar refractivity (Wildman–Crippen MR) is 72.1 cm³/mol. The van der Waals surface area contributed by atoms with Crippen LogP contribution in [-0.2, 0) is 16.0 Å². The molecule has 20 heavy (non-hydrogen) atoms. The maximum atomic E-state index is 12.4. The van der Waals surface area contributed by atoms with E-state index in [0.29, 0.717) is 12.1 Å². The van der Waals surface area contributed by atoms with Gasteiger partial charge < -0.3 is 20.7 Å². The van der Waals surface area contributed by atoms with E-state index in [4.69, 9.17) is 0 Å². The van der Waals surface area contributed by atoms with Gasteiger partial charge in [0.15, 0.2) is 0 Å². The van der Waals surface area contributed by atoms with Crippen LogP contribution in [0.4, 0.5) is 0 Å². The molecule has 1 amide bonds. The summed E-state index contributed by atoms with van der Waals surface area (Å²) in [5, 5.41) is 15.1. The van der Waals surface area contributed by atoms with Crippen molar-refractivity contribution in [2.24, 2.45) is 0 Å². The molecule has 7 nitrogen and oxygen atoms in total. The highest BCUT2D eigenvalue weighted by molar-refractivity contribution is 5.90. The molecular weight excluding hydrogens is 260 g/mol. The number of hydrogen-bond acceptors (Lipinski definition) is 4. The van der Waals surface area contributed by atoms with Crippen LogP contribution in [0.25, 0.3) is 0 Å². The molecule has 1 saturated heterocycles. The molecule has 0 radical (unpaired) electrons. The number of hydrogen-bond donors (Lipinski definition) is 4. The van der Waals surface area contributed by atoms with Gasteiger partial charge in [-0.2, -0.15) is 0 Å². The number of aromatic amines is 1. The van der Waals surface area contributed by atoms with Crippen LogP contribution in [0.5, 0.6) is 0 Å². The van der Waals surface area contributed by atoms with Gasteiger partial charge in [0.2, 0.25) is 5.91 Å². The van der Waals surface area contributed by atoms with E-state index in [1.807, 2.05) is 6.92 Å². The highest BCUT2D eigenvalue weighted by atomic mass is 16.4. The zero-order valence-electron chi connectivity index (χ0n) is 11.5. The molecule has 1 aliphatic rings. The lowest BCUT2D eigenvalue weighted by molar-refractivity contribution is -0.142. The number of carboxylic acid groups (broad SMARTS) is 1. The SMILES string of the molecule is CCC1(C(=O)N[C@@H](Cc2cnc[nH]2)C(=O)O)CCCN1. The Bertz CT molecular complexity index is 466. The van der Waals surface area contributed by atoms with Gasteiger partial charge in [0.25, 0.3) is 0 Å². The van der Waals surface area contributed by atoms with E-state index < -0.39 is 17.6 Å². The molecule has 0 bridgehead atoms. The van der Waals surface area contributed by atoms with Gasteiger partial charge in [-0.15, -0.1) is 0 Å². The Morgan fingerprint density at radius 2 is 2.40 bits per heavy atom. The lowest BCUT2D eigenvalue weighted by Gasteiger charge is -2.28. The Hall–Kier alpha value is -1.89. The Morgan fingerprint density at radius 1 is 1.60 bits per heavy atom. The van der Waals surface area contributed by atoms with Gasteiger partial charge in [-0.3, -0.25) is 4.79 Å². The zero-order valence-corrected chi connectivity index (χ0v) is 11.5. The molecule has 1 unspecified atom stereocenters. The number of amides is 1. The van der Waals surface area contributed by atoms with Gasteiger partial charge in [-0.1, -0.05) is 6.92 Å². The monoisotopic (exact) mass is 280 g/mol. The van der Waals surface area contributed by atoms with E-state index in [0.717, 1.165) is 19.4 Å². The van der Waals surface area contributed by atoms with Gasteiger partial charge in [-0.25, -0.2) is 9.78 Å². The van der Waals surface area contributed by atoms with Crippen molar-refractivity contribution in [3.63, 3.8) is 0 Å². The topological polar surface area (TPSA) is 107 Å². The second-order valence-corrected chi connectivity index (χ2v) is 5.11. The number of nitrogens with zero attached hydrogens (tertiary/aromatic N) is 1. The molecule has 1 fully saturated rings. The van der Waals surface area contributed by atoms with E-state index in [9.17, 15) is 14.7 Å². The summed E-state index contributed by atoms with van der Waals surface area (Å²) in [6, 6.07) is -0.950. The smallest absolute Gasteiger partial charge is 0.326 e. The molecule has 0 spiro atoms. The summed E-state index contributed by atoms with van der Waals surface area (Å²) in [6.07, 6.45) is 5.56. The van der Waals surface area contributed by atoms with Gasteiger partial charge in [0.1, 0.15) is 6.04 Å². The van der Waals surface area contributed by atoms with Crippen LogP contribution in [0, 0.1) is 0 Å². The summed E-state index contributed by atoms with van der Waals surface area (Å²) in [5.74, 6) is -1.28. The molecule has 110 valence electrons. The third kappa shape index (κ3) is 2.98. The molecule has 4 N–H and O–H groups in total. The maximum Gasteiger partial charge on any atom is 0.326 e. The molecule has 1 aromatic heterocycles. The largest absolute Gasteiger partial charge is 0.480 e. The lowest BCUT2D eigenvalue weighted by atomic mass is 9.92. The molecular formula is C13H20N4O3. The van der Waals surface area contributed by atoms with Crippen LogP contribution in [0.2, 0.25) is 0 Å². The summed E-state index contributed by atoms with van der Waals surface area (Å²) in [4.78, 5) is 30.4. The van der Waals surface area contributed by atoms with E-state index >= 15 is 0 Å². The number of H-pyrrole nitrogens is 1. The minimum atomic E-state index is -1.04. The highest BCUT2D eigenvalue weighted by Crippen LogP contribution is 2.23. The molecule has 7 heteroatoms. The van der Waals surface area contributed by atoms with E-state index in [1.165, 1.54) is 6.33 Å². The van der Waals surface area contributed by atoms with Crippen molar-refractivity contribution in [2.75, 3.05) is 6.54 Å². The number of nitrogens with one attached hydrogen (secondary N) is 3. The van der Waals surface area contributed by atoms with Gasteiger partial charge in [0.05, 0.1) is 11.9 Å². The van der Waals surface area contributed by atoms with Crippen LogP contribution in [0.15, 0.2) is 12.5 Å². The fraction of sp³-hybridized carbons (Fsp3) is 0.615. The Labute approximate surface area is 117 Å². The van der Waals surface area contributed by atoms with Crippen LogP contribution in [0.3, 0.4) is 0 Å². The molecule has 0 aliphatic carbocycles. The minimum absolute atomic E-state index is 0.195. The Balaban J connectivity index is 2.04. The van der Waals surface area contributed by atoms with Crippen molar-refractivity contribution < 1.29 is 14.7 Å². The van der Waals surface area contributed by atoms with Gasteiger partial charge in [-0.05, 0) is 25.8 Å². The fourth-order valence-electron chi connectivity index (χ4n) is 2.58. The minimum Gasteiger partial charge on any atom is -0.480 e. The van der Waals surface area contributed by atoms with Crippen LogP contribution >= 0.6 is 0 Å². The summed E-state index contributed by atoms with van der Waals surface area (Å²) in [6.45, 7) is 2.72. The average molecular weight is 280 g/mol. The first-order valence-corrected chi connectivity index (χ1v) is 6.83. The number of carbonyl (C=O) groups excluding carboxylic acids is 1. The fourth-order valence-corrected chi connectivity index (χ4v) is 2.58. The normalized spacial score (nSPS) is 23.4. The second kappa shape index (κ2) is 6.04. The van der Waals surface area contributed by atoms with Crippen molar-refractivity contribution in [3.8, 4) is 0 Å². The third-order valence-electron chi connectivity index (χ3n) is 3.86. The first-order valence-electron chi connectivity index (χ1n) is 6.83. The van der Waals surface area contributed by atoms with Crippen molar-refractivity contribution in [2.45, 2.75) is 44.2 Å². The average Bonchev–Trinajstić information content (AvgIpc) is 3.09. The summed E-state index contributed by atoms with van der Waals surface area (Å²) in [5.41, 5.74) is 0.0597. The number of aliphatic carboxylic acids is 1. The summed E-state index contributed by atoms with van der Waals surface area (Å²) < 4.78 is 0. The van der Waals surface area contributed by atoms with E-state index in [-0.39, 0.29) is 12.3 Å². The molecule has 1 aromatic rings. The van der Waals surface area contributed by atoms with Gasteiger partial charge >= 0.3 is 5.97 Å². The molecule has 2 heterocycles. The third-order valence-corrected chi connectivity index (χ3v) is 3.86. The van der Waals surface area contributed by atoms with Crippen molar-refractivity contribution >= 4 is 11.9 Å². The first-order chi connectivity index (χ1) is 9.57. The van der Waals surface area contributed by atoms with Gasteiger partial charge in [0, 0.05) is 18.3 Å². The number of rotatable bonds is 6. The number of imidazole rings is 1. The Kier molecular flexibility index (Phi) is 4.39. The summed E-state index contributed by atoms with van der Waals surface area (Å²) in [7, 11) is 0. The Morgan fingerprint density at radius 3 is 2.90 bits per heavy atom. The van der Waals surface area contributed by atoms with Crippen LogP contribution in [0.1, 0.15) is 31.9 Å². The number of carboxylic acids is 1. The standard InChI is InChI=1S/C13H20N4O3/c1-2-13(4-3-5-16-13)12(20)17-10(11(18)19)6-9-7-14-8-15-9/h7-8,10,16H,2-6H2,1H3,(H,14,15)(H,17,20)(H,18,19)/t10-,13?/m0/s1. The highest BCUT2D eigenvalue weighted by Gasteiger charge is 2.40. The summed E-state index contributed by atoms with van der Waals surface area (Å²) >= 11 is 0. The quantitative estimate of drug-likeness (QED) is 0.589. The van der Waals surface area contributed by atoms with E-state index in [2.05, 4.69) is 20.6 Å². The maximum absolute atomic E-state index is 12.4. The zero-order chi connectivity index (χ0) is 14.6. The number of aromatic nitrogens is 2. The predicted octanol–water partition coefficient (Wildman–Crippen LogP) is 0.0538.